The van der Waals surface area contributed by atoms with E-state index in [9.17, 15) is 9.18 Å². The van der Waals surface area contributed by atoms with Crippen molar-refractivity contribution in [1.29, 1.82) is 0 Å². The summed E-state index contributed by atoms with van der Waals surface area (Å²) < 4.78 is 27.7. The number of aryl methyl sites for hydroxylation is 1. The summed E-state index contributed by atoms with van der Waals surface area (Å²) in [6.07, 6.45) is 1.70. The predicted molar refractivity (Wildman–Crippen MR) is 158 cm³/mol. The number of carbonyl (C=O) groups is 1. The van der Waals surface area contributed by atoms with Crippen molar-refractivity contribution in [2.24, 2.45) is 0 Å². The number of allylic oxidation sites excluding steroid dienone is 1. The number of nitrogens with zero attached hydrogens (tertiary/aromatic N) is 3. The lowest BCUT2D eigenvalue weighted by Gasteiger charge is -2.28. The number of nitrogens with one attached hydrogen (secondary N) is 1. The number of anilines is 1. The summed E-state index contributed by atoms with van der Waals surface area (Å²) in [6, 6.07) is 22.0. The Kier molecular flexibility index (Phi) is 9.04. The van der Waals surface area contributed by atoms with Crippen molar-refractivity contribution in [2.75, 3.05) is 11.9 Å². The minimum Gasteiger partial charge on any atom is -0.489 e. The first-order valence-electron chi connectivity index (χ1n) is 13.7. The van der Waals surface area contributed by atoms with Crippen LogP contribution in [-0.2, 0) is 21.9 Å². The van der Waals surface area contributed by atoms with Crippen molar-refractivity contribution < 1.29 is 18.7 Å². The number of ether oxygens (including phenoxy) is 2. The maximum atomic E-state index is 14.2. The van der Waals surface area contributed by atoms with Gasteiger partial charge in [-0.25, -0.2) is 13.9 Å². The van der Waals surface area contributed by atoms with E-state index in [1.165, 1.54) is 23.4 Å². The number of hydrogen-bond acceptors (Lipinski definition) is 7. The van der Waals surface area contributed by atoms with Gasteiger partial charge in [-0.3, -0.25) is 0 Å². The fourth-order valence-electron chi connectivity index (χ4n) is 4.54. The van der Waals surface area contributed by atoms with Crippen molar-refractivity contribution in [2.45, 2.75) is 57.2 Å². The highest BCUT2D eigenvalue weighted by Crippen LogP contribution is 2.38. The second-order valence-corrected chi connectivity index (χ2v) is 10.9. The van der Waals surface area contributed by atoms with Gasteiger partial charge in [-0.2, -0.15) is 4.98 Å². The maximum Gasteiger partial charge on any atom is 0.338 e. The van der Waals surface area contributed by atoms with E-state index in [-0.39, 0.29) is 5.82 Å². The van der Waals surface area contributed by atoms with Crippen LogP contribution in [0.4, 0.5) is 10.3 Å². The third kappa shape index (κ3) is 6.79. The highest BCUT2D eigenvalue weighted by molar-refractivity contribution is 7.98. The summed E-state index contributed by atoms with van der Waals surface area (Å²) in [5, 5.41) is 8.45. The smallest absolute Gasteiger partial charge is 0.338 e. The van der Waals surface area contributed by atoms with Crippen molar-refractivity contribution in [3.8, 4) is 5.75 Å². The molecule has 5 rings (SSSR count). The van der Waals surface area contributed by atoms with Crippen LogP contribution in [0.2, 0.25) is 0 Å². The zero-order valence-electron chi connectivity index (χ0n) is 23.4. The molecular weight excluding hydrogens is 539 g/mol. The fraction of sp³-hybridized carbons (Fsp3) is 0.281. The topological polar surface area (TPSA) is 78.3 Å². The van der Waals surface area contributed by atoms with Gasteiger partial charge in [-0.05, 0) is 55.2 Å². The van der Waals surface area contributed by atoms with E-state index in [1.807, 2.05) is 50.2 Å². The lowest BCUT2D eigenvalue weighted by atomic mass is 9.95. The summed E-state index contributed by atoms with van der Waals surface area (Å²) in [7, 11) is 0. The molecular formula is C32H33FN4O3S. The molecule has 0 radical (unpaired) electrons. The molecule has 9 heteroatoms. The first-order chi connectivity index (χ1) is 19.9. The summed E-state index contributed by atoms with van der Waals surface area (Å²) in [5.41, 5.74) is 4.74. The standard InChI is InChI=1S/C32H33FN4O3S/c1-4-5-17-39-30(38)28-22(3)34-31-35-32(41-20-25-9-6-7-12-27(25)33)36-37(31)29(28)24-10-8-11-26(18-24)40-19-23-15-13-21(2)14-16-23/h6-16,18,29H,4-5,17,19-20H2,1-3H3,(H,34,35,36). The number of carbonyl (C=O) groups excluding carboxylic acids is 1. The van der Waals surface area contributed by atoms with Gasteiger partial charge >= 0.3 is 5.97 Å². The van der Waals surface area contributed by atoms with Gasteiger partial charge in [0.15, 0.2) is 0 Å². The zero-order chi connectivity index (χ0) is 28.8. The Morgan fingerprint density at radius 3 is 2.66 bits per heavy atom. The quantitative estimate of drug-likeness (QED) is 0.115. The normalized spacial score (nSPS) is 14.4. The van der Waals surface area contributed by atoms with E-state index in [1.54, 1.807) is 22.9 Å². The SMILES string of the molecule is CCCCOC(=O)C1=C(C)Nc2nc(SCc3ccccc3F)nn2C1c1cccc(OCc2ccc(C)cc2)c1. The number of thioether (sulfide) groups is 1. The second kappa shape index (κ2) is 13.0. The van der Waals surface area contributed by atoms with Gasteiger partial charge in [0.1, 0.15) is 24.2 Å². The maximum absolute atomic E-state index is 14.2. The Balaban J connectivity index is 1.44. The van der Waals surface area contributed by atoms with Gasteiger partial charge in [0, 0.05) is 11.4 Å². The average molecular weight is 573 g/mol. The van der Waals surface area contributed by atoms with Crippen LogP contribution in [0.5, 0.6) is 5.75 Å². The van der Waals surface area contributed by atoms with Crippen LogP contribution < -0.4 is 10.1 Å². The van der Waals surface area contributed by atoms with Crippen LogP contribution in [0.15, 0.2) is 89.2 Å². The van der Waals surface area contributed by atoms with Crippen molar-refractivity contribution >= 4 is 23.7 Å². The molecule has 2 heterocycles. The molecule has 0 aliphatic carbocycles. The van der Waals surface area contributed by atoms with E-state index in [4.69, 9.17) is 14.6 Å². The lowest BCUT2D eigenvalue weighted by Crippen LogP contribution is -2.29. The minimum atomic E-state index is -0.585. The molecule has 4 aromatic rings. The predicted octanol–water partition coefficient (Wildman–Crippen LogP) is 7.23. The number of esters is 1. The van der Waals surface area contributed by atoms with Gasteiger partial charge in [-0.1, -0.05) is 85.3 Å². The molecule has 0 amide bonds. The molecule has 1 N–H and O–H groups in total. The van der Waals surface area contributed by atoms with Crippen LogP contribution in [0.25, 0.3) is 0 Å². The van der Waals surface area contributed by atoms with Crippen LogP contribution in [0, 0.1) is 12.7 Å². The molecule has 1 aromatic heterocycles. The number of benzene rings is 3. The molecule has 7 nitrogen and oxygen atoms in total. The van der Waals surface area contributed by atoms with E-state index in [0.717, 1.165) is 24.0 Å². The second-order valence-electron chi connectivity index (χ2n) is 9.95. The molecule has 0 bridgehead atoms. The van der Waals surface area contributed by atoms with Crippen molar-refractivity contribution in [3.05, 3.63) is 112 Å². The molecule has 3 aromatic carbocycles. The van der Waals surface area contributed by atoms with Crippen molar-refractivity contribution in [3.63, 3.8) is 0 Å². The summed E-state index contributed by atoms with van der Waals surface area (Å²) >= 11 is 1.33. The number of halogens is 1. The highest BCUT2D eigenvalue weighted by atomic mass is 32.2. The first kappa shape index (κ1) is 28.4. The van der Waals surface area contributed by atoms with Crippen LogP contribution in [0.1, 0.15) is 55.0 Å². The van der Waals surface area contributed by atoms with Crippen LogP contribution in [-0.4, -0.2) is 27.3 Å². The number of unbranched alkanes of at least 4 members (excludes halogenated alkanes) is 1. The summed E-state index contributed by atoms with van der Waals surface area (Å²) in [5.74, 6) is 0.883. The Morgan fingerprint density at radius 2 is 1.88 bits per heavy atom. The molecule has 1 aliphatic heterocycles. The van der Waals surface area contributed by atoms with Gasteiger partial charge in [0.25, 0.3) is 0 Å². The van der Waals surface area contributed by atoms with E-state index in [2.05, 4.69) is 29.4 Å². The molecule has 1 unspecified atom stereocenters. The Morgan fingerprint density at radius 1 is 1.07 bits per heavy atom. The monoisotopic (exact) mass is 572 g/mol. The van der Waals surface area contributed by atoms with Crippen LogP contribution >= 0.6 is 11.8 Å². The Labute approximate surface area is 243 Å². The molecule has 1 aliphatic rings. The molecule has 0 fully saturated rings. The summed E-state index contributed by atoms with van der Waals surface area (Å²) in [6.45, 7) is 6.70. The average Bonchev–Trinajstić information content (AvgIpc) is 3.38. The number of fused-ring (bicyclic) bond motifs is 1. The van der Waals surface area contributed by atoms with Gasteiger partial charge in [-0.15, -0.1) is 5.10 Å². The molecule has 0 saturated carbocycles. The highest BCUT2D eigenvalue weighted by Gasteiger charge is 2.35. The summed E-state index contributed by atoms with van der Waals surface area (Å²) in [4.78, 5) is 18.1. The molecule has 0 saturated heterocycles. The molecule has 212 valence electrons. The number of hydrogen-bond donors (Lipinski definition) is 1. The minimum absolute atomic E-state index is 0.267. The van der Waals surface area contributed by atoms with Gasteiger partial charge in [0.05, 0.1) is 12.2 Å². The largest absolute Gasteiger partial charge is 0.489 e. The van der Waals surface area contributed by atoms with Gasteiger partial charge in [0.2, 0.25) is 11.1 Å². The molecule has 1 atom stereocenters. The van der Waals surface area contributed by atoms with E-state index >= 15 is 0 Å². The van der Waals surface area contributed by atoms with E-state index < -0.39 is 12.0 Å². The zero-order valence-corrected chi connectivity index (χ0v) is 24.2. The van der Waals surface area contributed by atoms with Crippen molar-refractivity contribution in [1.82, 2.24) is 14.8 Å². The number of aromatic nitrogens is 3. The number of rotatable bonds is 11. The first-order valence-corrected chi connectivity index (χ1v) is 14.7. The Hall–Kier alpha value is -4.11. The van der Waals surface area contributed by atoms with Gasteiger partial charge < -0.3 is 14.8 Å². The molecule has 0 spiro atoms. The third-order valence-electron chi connectivity index (χ3n) is 6.80. The fourth-order valence-corrected chi connectivity index (χ4v) is 5.35. The Bertz CT molecular complexity index is 1550. The third-order valence-corrected chi connectivity index (χ3v) is 7.69. The van der Waals surface area contributed by atoms with Crippen LogP contribution in [0.3, 0.4) is 0 Å². The van der Waals surface area contributed by atoms with E-state index in [0.29, 0.717) is 52.7 Å². The molecule has 41 heavy (non-hydrogen) atoms. The lowest BCUT2D eigenvalue weighted by molar-refractivity contribution is -0.139.